The lowest BCUT2D eigenvalue weighted by Crippen LogP contribution is -2.36. The van der Waals surface area contributed by atoms with Crippen molar-refractivity contribution in [3.8, 4) is 6.07 Å². The van der Waals surface area contributed by atoms with E-state index in [1.807, 2.05) is 6.07 Å². The smallest absolute Gasteiger partial charge is 0.316 e. The van der Waals surface area contributed by atoms with Gasteiger partial charge in [0.05, 0.1) is 18.4 Å². The van der Waals surface area contributed by atoms with Crippen LogP contribution in [-0.2, 0) is 19.4 Å². The van der Waals surface area contributed by atoms with E-state index in [-0.39, 0.29) is 18.8 Å². The van der Waals surface area contributed by atoms with Gasteiger partial charge in [-0.25, -0.2) is 9.50 Å². The number of hydrogen-bond donors (Lipinski definition) is 3. The van der Waals surface area contributed by atoms with Gasteiger partial charge in [-0.3, -0.25) is 4.57 Å². The molecule has 1 saturated heterocycles. The number of ether oxygens (including phenoxy) is 1. The number of aliphatic hydroxyl groups is 1. The van der Waals surface area contributed by atoms with Gasteiger partial charge in [-0.2, -0.15) is 10.4 Å². The molecule has 0 aromatic carbocycles. The molecule has 0 spiro atoms. The van der Waals surface area contributed by atoms with Gasteiger partial charge in [-0.15, -0.1) is 0 Å². The second-order valence-electron chi connectivity index (χ2n) is 5.08. The van der Waals surface area contributed by atoms with Gasteiger partial charge >= 0.3 is 8.25 Å². The van der Waals surface area contributed by atoms with Gasteiger partial charge in [0.15, 0.2) is 5.82 Å². The minimum absolute atomic E-state index is 0.0799. The molecule has 4 atom stereocenters. The van der Waals surface area contributed by atoms with Gasteiger partial charge in [0.25, 0.3) is 0 Å². The van der Waals surface area contributed by atoms with E-state index in [1.54, 1.807) is 12.1 Å². The number of anilines is 1. The molecular formula is C12H14N5O5P. The van der Waals surface area contributed by atoms with Crippen LogP contribution in [0, 0.1) is 11.3 Å². The lowest BCUT2D eigenvalue weighted by atomic mass is 9.94. The van der Waals surface area contributed by atoms with Crippen LogP contribution in [0.2, 0.25) is 0 Å². The van der Waals surface area contributed by atoms with E-state index in [2.05, 4.69) is 14.6 Å². The molecule has 0 saturated carbocycles. The number of aromatic nitrogens is 3. The summed E-state index contributed by atoms with van der Waals surface area (Å²) >= 11 is 0. The van der Waals surface area contributed by atoms with Gasteiger partial charge in [-0.05, 0) is 12.1 Å². The molecular weight excluding hydrogens is 325 g/mol. The van der Waals surface area contributed by atoms with Crippen molar-refractivity contribution in [1.29, 1.82) is 5.26 Å². The van der Waals surface area contributed by atoms with Gasteiger partial charge in [-0.1, -0.05) is 0 Å². The first-order chi connectivity index (χ1) is 11.0. The molecule has 10 nitrogen and oxygen atoms in total. The van der Waals surface area contributed by atoms with Crippen LogP contribution in [0.25, 0.3) is 5.52 Å². The Morgan fingerprint density at radius 3 is 3.13 bits per heavy atom. The van der Waals surface area contributed by atoms with Crippen LogP contribution in [0.4, 0.5) is 5.82 Å². The lowest BCUT2D eigenvalue weighted by Gasteiger charge is -2.24. The van der Waals surface area contributed by atoms with Crippen LogP contribution >= 0.6 is 8.25 Å². The van der Waals surface area contributed by atoms with Crippen molar-refractivity contribution < 1.29 is 23.8 Å². The molecule has 122 valence electrons. The van der Waals surface area contributed by atoms with E-state index in [1.165, 1.54) is 10.8 Å². The SMILES string of the molecule is N#C[C@@]1(c2ccc3c(N)ncnn23)O[C@H](CO[PH](=O)O)C[C@H]1O. The van der Waals surface area contributed by atoms with Gasteiger partial charge in [0.2, 0.25) is 5.60 Å². The minimum Gasteiger partial charge on any atom is -0.388 e. The maximum absolute atomic E-state index is 10.7. The molecule has 1 aliphatic rings. The minimum atomic E-state index is -3.11. The number of fused-ring (bicyclic) bond motifs is 1. The van der Waals surface area contributed by atoms with E-state index in [4.69, 9.17) is 15.4 Å². The van der Waals surface area contributed by atoms with E-state index >= 15 is 0 Å². The third kappa shape index (κ3) is 2.59. The maximum Gasteiger partial charge on any atom is 0.316 e. The standard InChI is InChI=1S/C12H14N5O5P/c13-5-12(10(18)3-7(22-12)4-21-23(19)20)9-2-1-8-11(14)15-6-16-17(8)9/h1-2,6-7,10,18,23H,3-4H2,(H,19,20)(H2,14,15,16)/t7-,10+,12-/m0/s1. The zero-order valence-corrected chi connectivity index (χ0v) is 12.8. The van der Waals surface area contributed by atoms with E-state index < -0.39 is 26.1 Å². The molecule has 1 aliphatic heterocycles. The van der Waals surface area contributed by atoms with Crippen molar-refractivity contribution in [1.82, 2.24) is 14.6 Å². The predicted octanol–water partition coefficient (Wildman–Crippen LogP) is -0.421. The molecule has 0 aliphatic carbocycles. The van der Waals surface area contributed by atoms with Crippen molar-refractivity contribution >= 4 is 19.6 Å². The molecule has 0 amide bonds. The summed E-state index contributed by atoms with van der Waals surface area (Å²) < 4.78 is 22.3. The second-order valence-corrected chi connectivity index (χ2v) is 5.90. The molecule has 2 aromatic rings. The number of aliphatic hydroxyl groups excluding tert-OH is 1. The number of nitrogens with two attached hydrogens (primary N) is 1. The first-order valence-electron chi connectivity index (χ1n) is 6.69. The van der Waals surface area contributed by atoms with Gasteiger partial charge < -0.3 is 25.0 Å². The van der Waals surface area contributed by atoms with E-state index in [0.717, 1.165) is 0 Å². The third-order valence-corrected chi connectivity index (χ3v) is 4.14. The number of nitrogen functional groups attached to an aromatic ring is 1. The molecule has 3 heterocycles. The summed E-state index contributed by atoms with van der Waals surface area (Å²) in [7, 11) is -3.11. The maximum atomic E-state index is 10.7. The largest absolute Gasteiger partial charge is 0.388 e. The molecule has 1 fully saturated rings. The van der Waals surface area contributed by atoms with Gasteiger partial charge in [0.1, 0.15) is 24.0 Å². The highest BCUT2D eigenvalue weighted by Crippen LogP contribution is 2.40. The molecule has 4 N–H and O–H groups in total. The first-order valence-corrected chi connectivity index (χ1v) is 7.96. The highest BCUT2D eigenvalue weighted by atomic mass is 31.1. The Morgan fingerprint density at radius 2 is 2.43 bits per heavy atom. The normalized spacial score (nSPS) is 28.7. The molecule has 2 aromatic heterocycles. The second kappa shape index (κ2) is 5.88. The Bertz CT molecular complexity index is 805. The summed E-state index contributed by atoms with van der Waals surface area (Å²) in [6.45, 7) is -0.199. The Labute approximate surface area is 131 Å². The Kier molecular flexibility index (Phi) is 4.06. The van der Waals surface area contributed by atoms with Crippen LogP contribution in [0.15, 0.2) is 18.5 Å². The summed E-state index contributed by atoms with van der Waals surface area (Å²) in [4.78, 5) is 12.6. The summed E-state index contributed by atoms with van der Waals surface area (Å²) in [6.07, 6.45) is -0.542. The van der Waals surface area contributed by atoms with Crippen molar-refractivity contribution in [2.24, 2.45) is 0 Å². The van der Waals surface area contributed by atoms with Crippen LogP contribution in [-0.4, -0.2) is 43.4 Å². The van der Waals surface area contributed by atoms with Gasteiger partial charge in [0, 0.05) is 6.42 Å². The zero-order chi connectivity index (χ0) is 16.6. The third-order valence-electron chi connectivity index (χ3n) is 3.73. The Balaban J connectivity index is 1.99. The average molecular weight is 339 g/mol. The van der Waals surface area contributed by atoms with Crippen molar-refractivity contribution in [2.75, 3.05) is 12.3 Å². The Hall–Kier alpha value is -2.02. The van der Waals surface area contributed by atoms with Crippen LogP contribution in [0.5, 0.6) is 0 Å². The summed E-state index contributed by atoms with van der Waals surface area (Å²) in [5, 5.41) is 24.0. The van der Waals surface area contributed by atoms with Crippen molar-refractivity contribution in [2.45, 2.75) is 24.2 Å². The quantitative estimate of drug-likeness (QED) is 0.629. The van der Waals surface area contributed by atoms with E-state index in [0.29, 0.717) is 11.2 Å². The van der Waals surface area contributed by atoms with Crippen molar-refractivity contribution in [3.63, 3.8) is 0 Å². The average Bonchev–Trinajstić information content (AvgIpc) is 3.08. The fraction of sp³-hybridized carbons (Fsp3) is 0.417. The fourth-order valence-electron chi connectivity index (χ4n) is 2.69. The van der Waals surface area contributed by atoms with Crippen molar-refractivity contribution in [3.05, 3.63) is 24.2 Å². The molecule has 23 heavy (non-hydrogen) atoms. The molecule has 11 heteroatoms. The van der Waals surface area contributed by atoms with E-state index in [9.17, 15) is 14.9 Å². The number of hydrogen-bond acceptors (Lipinski definition) is 8. The Morgan fingerprint density at radius 1 is 1.65 bits per heavy atom. The van der Waals surface area contributed by atoms with Crippen LogP contribution in [0.1, 0.15) is 12.1 Å². The summed E-state index contributed by atoms with van der Waals surface area (Å²) in [5.74, 6) is 0.227. The molecule has 0 bridgehead atoms. The summed E-state index contributed by atoms with van der Waals surface area (Å²) in [5.41, 5.74) is 4.87. The summed E-state index contributed by atoms with van der Waals surface area (Å²) in [6, 6.07) is 5.17. The topological polar surface area (TPSA) is 156 Å². The monoisotopic (exact) mass is 339 g/mol. The van der Waals surface area contributed by atoms with Crippen LogP contribution in [0.3, 0.4) is 0 Å². The number of nitriles is 1. The molecule has 0 radical (unpaired) electrons. The van der Waals surface area contributed by atoms with Crippen LogP contribution < -0.4 is 5.73 Å². The fourth-order valence-corrected chi connectivity index (χ4v) is 3.02. The number of rotatable bonds is 4. The lowest BCUT2D eigenvalue weighted by molar-refractivity contribution is -0.0604. The molecule has 3 rings (SSSR count). The highest BCUT2D eigenvalue weighted by molar-refractivity contribution is 7.32. The first kappa shape index (κ1) is 15.9. The predicted molar refractivity (Wildman–Crippen MR) is 77.4 cm³/mol. The number of nitrogens with zero attached hydrogens (tertiary/aromatic N) is 4. The molecule has 1 unspecified atom stereocenters. The zero-order valence-electron chi connectivity index (χ0n) is 11.8. The highest BCUT2D eigenvalue weighted by Gasteiger charge is 2.52.